The minimum Gasteiger partial charge on any atom is -0.378 e. The summed E-state index contributed by atoms with van der Waals surface area (Å²) in [6, 6.07) is 0.920. The second kappa shape index (κ2) is 4.13. The zero-order valence-corrected chi connectivity index (χ0v) is 7.48. The molecule has 0 radical (unpaired) electrons. The standard InChI is InChI=1S/C7H8F2N4O2/c8-6(9)5-3(2-10)1-4(13(14)15)7(11)12-5/h1,6H,2,10H2,(H2,11,12). The number of nitrogens with zero attached hydrogens (tertiary/aromatic N) is 2. The number of halogens is 2. The van der Waals surface area contributed by atoms with E-state index >= 15 is 0 Å². The van der Waals surface area contributed by atoms with Gasteiger partial charge in [-0.2, -0.15) is 0 Å². The highest BCUT2D eigenvalue weighted by atomic mass is 19.3. The van der Waals surface area contributed by atoms with Crippen LogP contribution in [-0.2, 0) is 6.54 Å². The normalized spacial score (nSPS) is 10.7. The second-order valence-electron chi connectivity index (χ2n) is 2.70. The molecule has 6 nitrogen and oxygen atoms in total. The first-order valence-electron chi connectivity index (χ1n) is 3.89. The van der Waals surface area contributed by atoms with Gasteiger partial charge in [0, 0.05) is 18.2 Å². The number of aromatic nitrogens is 1. The average Bonchev–Trinajstić information content (AvgIpc) is 2.16. The van der Waals surface area contributed by atoms with E-state index in [1.165, 1.54) is 0 Å². The van der Waals surface area contributed by atoms with Crippen LogP contribution in [0.25, 0.3) is 0 Å². The van der Waals surface area contributed by atoms with Crippen LogP contribution in [0.15, 0.2) is 6.07 Å². The van der Waals surface area contributed by atoms with Crippen LogP contribution in [0.4, 0.5) is 20.3 Å². The molecule has 0 saturated heterocycles. The highest BCUT2D eigenvalue weighted by Gasteiger charge is 2.21. The van der Waals surface area contributed by atoms with Gasteiger partial charge in [0.15, 0.2) is 0 Å². The van der Waals surface area contributed by atoms with Gasteiger partial charge in [-0.25, -0.2) is 13.8 Å². The molecular formula is C7H8F2N4O2. The van der Waals surface area contributed by atoms with Gasteiger partial charge in [0.25, 0.3) is 6.43 Å². The van der Waals surface area contributed by atoms with E-state index in [0.717, 1.165) is 6.07 Å². The van der Waals surface area contributed by atoms with Crippen molar-refractivity contribution in [3.8, 4) is 0 Å². The lowest BCUT2D eigenvalue weighted by molar-refractivity contribution is -0.384. The van der Waals surface area contributed by atoms with Gasteiger partial charge in [-0.15, -0.1) is 0 Å². The third kappa shape index (κ3) is 2.15. The number of nitrogen functional groups attached to an aromatic ring is 1. The van der Waals surface area contributed by atoms with Gasteiger partial charge in [-0.3, -0.25) is 10.1 Å². The number of hydrogen-bond acceptors (Lipinski definition) is 5. The van der Waals surface area contributed by atoms with Crippen LogP contribution in [-0.4, -0.2) is 9.91 Å². The molecule has 0 fully saturated rings. The Balaban J connectivity index is 3.35. The van der Waals surface area contributed by atoms with Gasteiger partial charge in [0.05, 0.1) is 4.92 Å². The van der Waals surface area contributed by atoms with E-state index in [9.17, 15) is 18.9 Å². The Morgan fingerprint density at radius 2 is 2.20 bits per heavy atom. The molecule has 0 spiro atoms. The van der Waals surface area contributed by atoms with Crippen molar-refractivity contribution in [1.29, 1.82) is 0 Å². The highest BCUT2D eigenvalue weighted by molar-refractivity contribution is 5.55. The minimum atomic E-state index is -2.85. The summed E-state index contributed by atoms with van der Waals surface area (Å²) in [5, 5.41) is 10.4. The van der Waals surface area contributed by atoms with Crippen molar-refractivity contribution in [1.82, 2.24) is 4.98 Å². The summed E-state index contributed by atoms with van der Waals surface area (Å²) in [7, 11) is 0. The number of anilines is 1. The first-order valence-corrected chi connectivity index (χ1v) is 3.89. The van der Waals surface area contributed by atoms with Crippen molar-refractivity contribution in [2.45, 2.75) is 13.0 Å². The van der Waals surface area contributed by atoms with Crippen molar-refractivity contribution < 1.29 is 13.7 Å². The monoisotopic (exact) mass is 218 g/mol. The van der Waals surface area contributed by atoms with Crippen molar-refractivity contribution in [2.24, 2.45) is 5.73 Å². The SMILES string of the molecule is NCc1cc([N+](=O)[O-])c(N)nc1C(F)F. The second-order valence-corrected chi connectivity index (χ2v) is 2.70. The van der Waals surface area contributed by atoms with Crippen LogP contribution in [0.2, 0.25) is 0 Å². The molecule has 0 saturated carbocycles. The molecule has 1 aromatic heterocycles. The number of hydrogen-bond donors (Lipinski definition) is 2. The lowest BCUT2D eigenvalue weighted by atomic mass is 10.1. The molecule has 15 heavy (non-hydrogen) atoms. The minimum absolute atomic E-state index is 0.0779. The largest absolute Gasteiger partial charge is 0.378 e. The molecule has 0 amide bonds. The van der Waals surface area contributed by atoms with Crippen molar-refractivity contribution in [3.63, 3.8) is 0 Å². The maximum Gasteiger partial charge on any atom is 0.311 e. The molecular weight excluding hydrogens is 210 g/mol. The molecule has 0 aliphatic heterocycles. The van der Waals surface area contributed by atoms with Gasteiger partial charge >= 0.3 is 5.69 Å². The van der Waals surface area contributed by atoms with Crippen LogP contribution in [0.5, 0.6) is 0 Å². The lowest BCUT2D eigenvalue weighted by Crippen LogP contribution is -2.09. The van der Waals surface area contributed by atoms with Gasteiger partial charge in [0.2, 0.25) is 5.82 Å². The summed E-state index contributed by atoms with van der Waals surface area (Å²) in [6.45, 7) is -0.256. The van der Waals surface area contributed by atoms with E-state index in [-0.39, 0.29) is 12.1 Å². The van der Waals surface area contributed by atoms with Crippen molar-refractivity contribution in [3.05, 3.63) is 27.4 Å². The van der Waals surface area contributed by atoms with Crippen LogP contribution < -0.4 is 11.5 Å². The van der Waals surface area contributed by atoms with Crippen LogP contribution in [0.1, 0.15) is 17.7 Å². The Kier molecular flexibility index (Phi) is 3.10. The van der Waals surface area contributed by atoms with E-state index in [4.69, 9.17) is 11.5 Å². The molecule has 0 bridgehead atoms. The third-order valence-electron chi connectivity index (χ3n) is 1.77. The fourth-order valence-electron chi connectivity index (χ4n) is 1.07. The van der Waals surface area contributed by atoms with Gasteiger partial charge in [-0.05, 0) is 0 Å². The molecule has 0 atom stereocenters. The topological polar surface area (TPSA) is 108 Å². The molecule has 1 heterocycles. The molecule has 1 aromatic rings. The Morgan fingerprint density at radius 1 is 1.60 bits per heavy atom. The molecule has 4 N–H and O–H groups in total. The molecule has 0 aliphatic rings. The summed E-state index contributed by atoms with van der Waals surface area (Å²) >= 11 is 0. The van der Waals surface area contributed by atoms with Crippen LogP contribution in [0, 0.1) is 10.1 Å². The molecule has 0 unspecified atom stereocenters. The maximum absolute atomic E-state index is 12.4. The molecule has 0 aliphatic carbocycles. The van der Waals surface area contributed by atoms with Gasteiger partial charge in [0.1, 0.15) is 5.69 Å². The van der Waals surface area contributed by atoms with Crippen LogP contribution in [0.3, 0.4) is 0 Å². The predicted molar refractivity (Wildman–Crippen MR) is 48.2 cm³/mol. The zero-order valence-electron chi connectivity index (χ0n) is 7.48. The van der Waals surface area contributed by atoms with Gasteiger partial charge in [-0.1, -0.05) is 0 Å². The lowest BCUT2D eigenvalue weighted by Gasteiger charge is -2.06. The number of alkyl halides is 2. The fourth-order valence-corrected chi connectivity index (χ4v) is 1.07. The van der Waals surface area contributed by atoms with Crippen LogP contribution >= 0.6 is 0 Å². The van der Waals surface area contributed by atoms with E-state index < -0.39 is 28.5 Å². The molecule has 1 rings (SSSR count). The first kappa shape index (κ1) is 11.2. The Morgan fingerprint density at radius 3 is 2.60 bits per heavy atom. The maximum atomic E-state index is 12.4. The summed E-state index contributed by atoms with van der Waals surface area (Å²) < 4.78 is 24.8. The van der Waals surface area contributed by atoms with E-state index in [1.807, 2.05) is 0 Å². The zero-order chi connectivity index (χ0) is 11.6. The fraction of sp³-hybridized carbons (Fsp3) is 0.286. The predicted octanol–water partition coefficient (Wildman–Crippen LogP) is 0.968. The smallest absolute Gasteiger partial charge is 0.311 e. The van der Waals surface area contributed by atoms with E-state index in [2.05, 4.69) is 4.98 Å². The Hall–Kier alpha value is -1.83. The third-order valence-corrected chi connectivity index (χ3v) is 1.77. The number of nitrogens with two attached hydrogens (primary N) is 2. The summed E-state index contributed by atoms with van der Waals surface area (Å²) in [4.78, 5) is 12.9. The van der Waals surface area contributed by atoms with E-state index in [1.54, 1.807) is 0 Å². The summed E-state index contributed by atoms with van der Waals surface area (Å²) in [6.07, 6.45) is -2.85. The quantitative estimate of drug-likeness (QED) is 0.580. The summed E-state index contributed by atoms with van der Waals surface area (Å²) in [5.74, 6) is -0.535. The van der Waals surface area contributed by atoms with Crippen molar-refractivity contribution >= 4 is 11.5 Å². The first-order chi connectivity index (χ1) is 6.97. The molecule has 0 aromatic carbocycles. The highest BCUT2D eigenvalue weighted by Crippen LogP contribution is 2.27. The average molecular weight is 218 g/mol. The Bertz CT molecular complexity index is 397. The number of pyridine rings is 1. The van der Waals surface area contributed by atoms with Gasteiger partial charge < -0.3 is 11.5 Å². The van der Waals surface area contributed by atoms with E-state index in [0.29, 0.717) is 0 Å². The number of nitro groups is 1. The Labute approximate surface area is 83.0 Å². The number of rotatable bonds is 3. The molecule has 82 valence electrons. The summed E-state index contributed by atoms with van der Waals surface area (Å²) in [5.41, 5.74) is 9.13. The molecule has 8 heteroatoms. The van der Waals surface area contributed by atoms with Crippen molar-refractivity contribution in [2.75, 3.05) is 5.73 Å².